The number of benzene rings is 2. The minimum absolute atomic E-state index is 0.0992. The number of rotatable bonds is 6. The van der Waals surface area contributed by atoms with E-state index in [2.05, 4.69) is 72.6 Å². The van der Waals surface area contributed by atoms with Crippen molar-refractivity contribution in [3.8, 4) is 0 Å². The van der Waals surface area contributed by atoms with Gasteiger partial charge < -0.3 is 10.1 Å². The van der Waals surface area contributed by atoms with Crippen LogP contribution in [0.1, 0.15) is 48.4 Å². The first kappa shape index (κ1) is 19.2. The van der Waals surface area contributed by atoms with Crippen LogP contribution >= 0.6 is 0 Å². The maximum absolute atomic E-state index is 12.4. The number of amides is 1. The number of nitrogens with one attached hydrogen (secondary N) is 1. The highest BCUT2D eigenvalue weighted by atomic mass is 16.5. The van der Waals surface area contributed by atoms with Gasteiger partial charge in [0.25, 0.3) is 0 Å². The van der Waals surface area contributed by atoms with Crippen molar-refractivity contribution in [2.75, 3.05) is 26.2 Å². The third-order valence-electron chi connectivity index (χ3n) is 6.07. The van der Waals surface area contributed by atoms with E-state index >= 15 is 0 Å². The molecule has 1 N–H and O–H groups in total. The Hall–Kier alpha value is -2.17. The van der Waals surface area contributed by atoms with Crippen LogP contribution in [0.2, 0.25) is 0 Å². The van der Waals surface area contributed by atoms with E-state index in [9.17, 15) is 4.79 Å². The lowest BCUT2D eigenvalue weighted by Gasteiger charge is -2.24. The van der Waals surface area contributed by atoms with Gasteiger partial charge in [0.05, 0.1) is 13.2 Å². The molecule has 4 rings (SSSR count). The predicted molar refractivity (Wildman–Crippen MR) is 111 cm³/mol. The molecule has 2 aliphatic rings. The Morgan fingerprint density at radius 3 is 2.75 bits per heavy atom. The first-order chi connectivity index (χ1) is 13.6. The molecule has 1 amide bonds. The van der Waals surface area contributed by atoms with Gasteiger partial charge in [0.1, 0.15) is 5.60 Å². The summed E-state index contributed by atoms with van der Waals surface area (Å²) in [5.41, 5.74) is 5.00. The molecule has 0 radical (unpaired) electrons. The van der Waals surface area contributed by atoms with Crippen molar-refractivity contribution < 1.29 is 9.53 Å². The first-order valence-corrected chi connectivity index (χ1v) is 10.4. The van der Waals surface area contributed by atoms with E-state index < -0.39 is 0 Å². The standard InChI is InChI=1S/C24H30N2O2/c1-18(2)20-9-7-19(8-10-20)11-13-25-23(27)15-26-14-12-24(17-26)22-6-4-3-5-21(22)16-28-24/h3-10,18H,11-17H2,1-2H3,(H,25,27). The van der Waals surface area contributed by atoms with E-state index in [0.29, 0.717) is 25.6 Å². The fourth-order valence-electron chi connectivity index (χ4n) is 4.39. The van der Waals surface area contributed by atoms with Gasteiger partial charge in [-0.3, -0.25) is 9.69 Å². The third kappa shape index (κ3) is 3.98. The molecule has 0 aliphatic carbocycles. The molecule has 1 saturated heterocycles. The first-order valence-electron chi connectivity index (χ1n) is 10.4. The zero-order chi connectivity index (χ0) is 19.6. The van der Waals surface area contributed by atoms with Gasteiger partial charge in [0, 0.05) is 19.6 Å². The summed E-state index contributed by atoms with van der Waals surface area (Å²) < 4.78 is 6.18. The maximum atomic E-state index is 12.4. The molecule has 4 nitrogen and oxygen atoms in total. The fraction of sp³-hybridized carbons (Fsp3) is 0.458. The molecule has 28 heavy (non-hydrogen) atoms. The summed E-state index contributed by atoms with van der Waals surface area (Å²) >= 11 is 0. The molecule has 4 heteroatoms. The van der Waals surface area contributed by atoms with Crippen molar-refractivity contribution in [1.82, 2.24) is 10.2 Å². The predicted octanol–water partition coefficient (Wildman–Crippen LogP) is 3.60. The molecule has 0 bridgehead atoms. The van der Waals surface area contributed by atoms with E-state index in [1.54, 1.807) is 0 Å². The van der Waals surface area contributed by atoms with Crippen molar-refractivity contribution in [3.63, 3.8) is 0 Å². The zero-order valence-electron chi connectivity index (χ0n) is 16.9. The van der Waals surface area contributed by atoms with E-state index in [4.69, 9.17) is 4.74 Å². The van der Waals surface area contributed by atoms with Crippen LogP contribution in [0.3, 0.4) is 0 Å². The summed E-state index contributed by atoms with van der Waals surface area (Å²) in [6.45, 7) is 7.91. The molecule has 2 aromatic carbocycles. The average Bonchev–Trinajstić information content (AvgIpc) is 3.27. The molecule has 0 saturated carbocycles. The molecule has 2 aromatic rings. The van der Waals surface area contributed by atoms with Crippen LogP contribution in [0.4, 0.5) is 0 Å². The summed E-state index contributed by atoms with van der Waals surface area (Å²) in [4.78, 5) is 14.6. The van der Waals surface area contributed by atoms with Gasteiger partial charge in [-0.25, -0.2) is 0 Å². The molecule has 1 atom stereocenters. The Morgan fingerprint density at radius 2 is 1.96 bits per heavy atom. The molecule has 2 aliphatic heterocycles. The Kier molecular flexibility index (Phi) is 5.51. The minimum Gasteiger partial charge on any atom is -0.364 e. The summed E-state index contributed by atoms with van der Waals surface area (Å²) in [6.07, 6.45) is 1.82. The molecule has 2 heterocycles. The van der Waals surface area contributed by atoms with Crippen molar-refractivity contribution in [3.05, 3.63) is 70.8 Å². The van der Waals surface area contributed by atoms with Gasteiger partial charge in [-0.05, 0) is 41.0 Å². The number of nitrogens with zero attached hydrogens (tertiary/aromatic N) is 1. The van der Waals surface area contributed by atoms with E-state index in [1.165, 1.54) is 22.3 Å². The molecule has 0 aromatic heterocycles. The number of hydrogen-bond donors (Lipinski definition) is 1. The topological polar surface area (TPSA) is 41.6 Å². The number of carbonyl (C=O) groups excluding carboxylic acids is 1. The lowest BCUT2D eigenvalue weighted by molar-refractivity contribution is -0.122. The second-order valence-corrected chi connectivity index (χ2v) is 8.40. The maximum Gasteiger partial charge on any atom is 0.234 e. The van der Waals surface area contributed by atoms with Crippen molar-refractivity contribution in [2.45, 2.75) is 44.8 Å². The Balaban J connectivity index is 1.24. The van der Waals surface area contributed by atoms with Crippen LogP contribution in [0.5, 0.6) is 0 Å². The van der Waals surface area contributed by atoms with Gasteiger partial charge in [-0.1, -0.05) is 62.4 Å². The van der Waals surface area contributed by atoms with Gasteiger partial charge in [0.15, 0.2) is 0 Å². The van der Waals surface area contributed by atoms with Crippen LogP contribution in [0.15, 0.2) is 48.5 Å². The largest absolute Gasteiger partial charge is 0.364 e. The molecule has 1 unspecified atom stereocenters. The van der Waals surface area contributed by atoms with Crippen molar-refractivity contribution in [1.29, 1.82) is 0 Å². The highest BCUT2D eigenvalue weighted by molar-refractivity contribution is 5.78. The van der Waals surface area contributed by atoms with Crippen LogP contribution in [-0.2, 0) is 28.2 Å². The highest BCUT2D eigenvalue weighted by Crippen LogP contribution is 2.43. The molecule has 148 valence electrons. The van der Waals surface area contributed by atoms with Crippen LogP contribution < -0.4 is 5.32 Å². The monoisotopic (exact) mass is 378 g/mol. The molecule has 1 fully saturated rings. The fourth-order valence-corrected chi connectivity index (χ4v) is 4.39. The Labute approximate surface area is 167 Å². The van der Waals surface area contributed by atoms with Crippen LogP contribution in [0.25, 0.3) is 0 Å². The van der Waals surface area contributed by atoms with Gasteiger partial charge in [-0.2, -0.15) is 0 Å². The quantitative estimate of drug-likeness (QED) is 0.835. The average molecular weight is 379 g/mol. The summed E-state index contributed by atoms with van der Waals surface area (Å²) in [5.74, 6) is 0.649. The van der Waals surface area contributed by atoms with E-state index in [0.717, 1.165) is 25.9 Å². The number of hydrogen-bond acceptors (Lipinski definition) is 3. The van der Waals surface area contributed by atoms with Gasteiger partial charge in [0.2, 0.25) is 5.91 Å². The summed E-state index contributed by atoms with van der Waals surface area (Å²) in [7, 11) is 0. The number of fused-ring (bicyclic) bond motifs is 2. The summed E-state index contributed by atoms with van der Waals surface area (Å²) in [6, 6.07) is 17.2. The number of ether oxygens (including phenoxy) is 1. The molecule has 1 spiro atoms. The second-order valence-electron chi connectivity index (χ2n) is 8.40. The lowest BCUT2D eigenvalue weighted by Crippen LogP contribution is -2.38. The SMILES string of the molecule is CC(C)c1ccc(CCNC(=O)CN2CCC3(C2)OCc2ccccc23)cc1. The van der Waals surface area contributed by atoms with Gasteiger partial charge in [-0.15, -0.1) is 0 Å². The Morgan fingerprint density at radius 1 is 1.18 bits per heavy atom. The van der Waals surface area contributed by atoms with Gasteiger partial charge >= 0.3 is 0 Å². The summed E-state index contributed by atoms with van der Waals surface area (Å²) in [5, 5.41) is 3.07. The van der Waals surface area contributed by atoms with Crippen LogP contribution in [-0.4, -0.2) is 37.0 Å². The number of likely N-dealkylation sites (tertiary alicyclic amines) is 1. The van der Waals surface area contributed by atoms with Crippen molar-refractivity contribution in [2.24, 2.45) is 0 Å². The van der Waals surface area contributed by atoms with Crippen LogP contribution in [0, 0.1) is 0 Å². The second kappa shape index (κ2) is 8.06. The normalized spacial score (nSPS) is 21.4. The molecular weight excluding hydrogens is 348 g/mol. The minimum atomic E-state index is -0.213. The third-order valence-corrected chi connectivity index (χ3v) is 6.07. The van der Waals surface area contributed by atoms with Crippen molar-refractivity contribution >= 4 is 5.91 Å². The Bertz CT molecular complexity index is 831. The van der Waals surface area contributed by atoms with E-state index in [-0.39, 0.29) is 11.5 Å². The molecular formula is C24H30N2O2. The smallest absolute Gasteiger partial charge is 0.234 e. The highest BCUT2D eigenvalue weighted by Gasteiger charge is 2.45. The van der Waals surface area contributed by atoms with E-state index in [1.807, 2.05) is 0 Å². The number of carbonyl (C=O) groups is 1. The lowest BCUT2D eigenvalue weighted by atomic mass is 9.92. The zero-order valence-corrected chi connectivity index (χ0v) is 16.9.